The van der Waals surface area contributed by atoms with Crippen molar-refractivity contribution in [3.63, 3.8) is 0 Å². The lowest BCUT2D eigenvalue weighted by Gasteiger charge is -2.13. The van der Waals surface area contributed by atoms with Crippen LogP contribution in [0.5, 0.6) is 0 Å². The summed E-state index contributed by atoms with van der Waals surface area (Å²) in [5, 5.41) is 2.93. The van der Waals surface area contributed by atoms with E-state index < -0.39 is 5.25 Å². The number of nitrogens with zero attached hydrogens (tertiary/aromatic N) is 3. The van der Waals surface area contributed by atoms with Gasteiger partial charge in [0.15, 0.2) is 11.0 Å². The fourth-order valence-corrected chi connectivity index (χ4v) is 3.65. The van der Waals surface area contributed by atoms with Crippen molar-refractivity contribution in [2.75, 3.05) is 11.9 Å². The van der Waals surface area contributed by atoms with Crippen LogP contribution < -0.4 is 5.32 Å². The highest BCUT2D eigenvalue weighted by molar-refractivity contribution is 8.15. The lowest BCUT2D eigenvalue weighted by molar-refractivity contribution is -0.128. The Hall–Kier alpha value is -2.67. The quantitative estimate of drug-likeness (QED) is 0.895. The standard InChI is InChI=1S/C18H18N4O2S/c1-2-22-17(24)14(12-16(23)20-13-8-4-3-5-9-13)25-18(22)21-15-10-6-7-11-19-15/h3-11,14H,2,12H2,1H3,(H,20,23)/b21-18+. The van der Waals surface area contributed by atoms with Crippen LogP contribution in [0.2, 0.25) is 0 Å². The Morgan fingerprint density at radius 3 is 2.68 bits per heavy atom. The van der Waals surface area contributed by atoms with Gasteiger partial charge in [-0.05, 0) is 31.2 Å². The maximum absolute atomic E-state index is 12.5. The molecule has 1 aliphatic heterocycles. The lowest BCUT2D eigenvalue weighted by Crippen LogP contribution is -2.33. The van der Waals surface area contributed by atoms with E-state index in [2.05, 4.69) is 15.3 Å². The van der Waals surface area contributed by atoms with Gasteiger partial charge < -0.3 is 5.32 Å². The monoisotopic (exact) mass is 354 g/mol. The predicted molar refractivity (Wildman–Crippen MR) is 99.8 cm³/mol. The average Bonchev–Trinajstić information content (AvgIpc) is 2.91. The molecule has 0 spiro atoms. The molecule has 2 heterocycles. The number of carbonyl (C=O) groups excluding carboxylic acids is 2. The van der Waals surface area contributed by atoms with Crippen LogP contribution in [0.15, 0.2) is 59.7 Å². The summed E-state index contributed by atoms with van der Waals surface area (Å²) in [5.41, 5.74) is 0.720. The van der Waals surface area contributed by atoms with Crippen LogP contribution in [0.1, 0.15) is 13.3 Å². The van der Waals surface area contributed by atoms with Crippen molar-refractivity contribution in [3.05, 3.63) is 54.7 Å². The first-order chi connectivity index (χ1) is 12.2. The average molecular weight is 354 g/mol. The topological polar surface area (TPSA) is 74.7 Å². The molecule has 1 atom stereocenters. The highest BCUT2D eigenvalue weighted by atomic mass is 32.2. The number of benzene rings is 1. The number of amides is 2. The van der Waals surface area contributed by atoms with Gasteiger partial charge in [0, 0.05) is 24.8 Å². The van der Waals surface area contributed by atoms with Crippen LogP contribution >= 0.6 is 11.8 Å². The molecule has 1 aromatic carbocycles. The van der Waals surface area contributed by atoms with Crippen LogP contribution in [0.4, 0.5) is 11.5 Å². The van der Waals surface area contributed by atoms with E-state index in [4.69, 9.17) is 0 Å². The lowest BCUT2D eigenvalue weighted by atomic mass is 10.2. The van der Waals surface area contributed by atoms with Gasteiger partial charge in [0.1, 0.15) is 5.25 Å². The molecule has 2 amide bonds. The summed E-state index contributed by atoms with van der Waals surface area (Å²) in [5.74, 6) is 0.267. The molecule has 1 aliphatic rings. The van der Waals surface area contributed by atoms with Gasteiger partial charge in [-0.25, -0.2) is 9.98 Å². The van der Waals surface area contributed by atoms with Crippen molar-refractivity contribution >= 4 is 40.2 Å². The fourth-order valence-electron chi connectivity index (χ4n) is 2.44. The van der Waals surface area contributed by atoms with E-state index in [0.29, 0.717) is 17.5 Å². The highest BCUT2D eigenvalue weighted by Crippen LogP contribution is 2.31. The summed E-state index contributed by atoms with van der Waals surface area (Å²) in [7, 11) is 0. The van der Waals surface area contributed by atoms with Crippen molar-refractivity contribution in [1.29, 1.82) is 0 Å². The van der Waals surface area contributed by atoms with Gasteiger partial charge in [-0.2, -0.15) is 0 Å². The first-order valence-electron chi connectivity index (χ1n) is 8.00. The molecule has 7 heteroatoms. The van der Waals surface area contributed by atoms with E-state index >= 15 is 0 Å². The number of anilines is 1. The van der Waals surface area contributed by atoms with Crippen LogP contribution in [0.3, 0.4) is 0 Å². The second-order valence-corrected chi connectivity index (χ2v) is 6.56. The van der Waals surface area contributed by atoms with E-state index in [1.807, 2.05) is 49.4 Å². The number of hydrogen-bond acceptors (Lipinski definition) is 5. The first-order valence-corrected chi connectivity index (χ1v) is 8.88. The zero-order chi connectivity index (χ0) is 17.6. The third-order valence-electron chi connectivity index (χ3n) is 3.62. The molecule has 3 rings (SSSR count). The molecule has 128 valence electrons. The third-order valence-corrected chi connectivity index (χ3v) is 4.80. The second-order valence-electron chi connectivity index (χ2n) is 5.39. The number of aromatic nitrogens is 1. The Kier molecular flexibility index (Phi) is 5.45. The Balaban J connectivity index is 1.69. The molecular formula is C18H18N4O2S. The summed E-state index contributed by atoms with van der Waals surface area (Å²) < 4.78 is 0. The highest BCUT2D eigenvalue weighted by Gasteiger charge is 2.38. The molecule has 1 N–H and O–H groups in total. The van der Waals surface area contributed by atoms with Crippen molar-refractivity contribution in [1.82, 2.24) is 9.88 Å². The number of aliphatic imine (C=N–C) groups is 1. The van der Waals surface area contributed by atoms with Crippen molar-refractivity contribution in [3.8, 4) is 0 Å². The van der Waals surface area contributed by atoms with E-state index in [-0.39, 0.29) is 18.2 Å². The number of para-hydroxylation sites is 1. The Labute approximate surface area is 150 Å². The molecule has 0 bridgehead atoms. The largest absolute Gasteiger partial charge is 0.326 e. The molecule has 0 radical (unpaired) electrons. The summed E-state index contributed by atoms with van der Waals surface area (Å²) >= 11 is 1.31. The molecule has 1 aromatic heterocycles. The van der Waals surface area contributed by atoms with Gasteiger partial charge in [-0.15, -0.1) is 0 Å². The number of carbonyl (C=O) groups is 2. The van der Waals surface area contributed by atoms with Gasteiger partial charge in [0.25, 0.3) is 0 Å². The molecule has 25 heavy (non-hydrogen) atoms. The van der Waals surface area contributed by atoms with E-state index in [9.17, 15) is 9.59 Å². The Bertz CT molecular complexity index is 780. The second kappa shape index (κ2) is 7.94. The minimum absolute atomic E-state index is 0.0922. The maximum Gasteiger partial charge on any atom is 0.242 e. The summed E-state index contributed by atoms with van der Waals surface area (Å²) in [6.45, 7) is 2.40. The first kappa shape index (κ1) is 17.2. The van der Waals surface area contributed by atoms with Crippen molar-refractivity contribution < 1.29 is 9.59 Å². The van der Waals surface area contributed by atoms with E-state index in [1.165, 1.54) is 11.8 Å². The smallest absolute Gasteiger partial charge is 0.242 e. The zero-order valence-corrected chi connectivity index (χ0v) is 14.6. The summed E-state index contributed by atoms with van der Waals surface area (Å²) in [6, 6.07) is 14.6. The third kappa shape index (κ3) is 4.24. The van der Waals surface area contributed by atoms with Gasteiger partial charge in [0.2, 0.25) is 11.8 Å². The fraction of sp³-hybridized carbons (Fsp3) is 0.222. The van der Waals surface area contributed by atoms with Gasteiger partial charge >= 0.3 is 0 Å². The molecule has 0 aliphatic carbocycles. The zero-order valence-electron chi connectivity index (χ0n) is 13.8. The number of amidine groups is 1. The van der Waals surface area contributed by atoms with E-state index in [0.717, 1.165) is 5.69 Å². The van der Waals surface area contributed by atoms with E-state index in [1.54, 1.807) is 17.2 Å². The van der Waals surface area contributed by atoms with Crippen molar-refractivity contribution in [2.45, 2.75) is 18.6 Å². The minimum atomic E-state index is -0.467. The van der Waals surface area contributed by atoms with Crippen LogP contribution in [-0.2, 0) is 9.59 Å². The van der Waals surface area contributed by atoms with Gasteiger partial charge in [-0.1, -0.05) is 36.0 Å². The van der Waals surface area contributed by atoms with Gasteiger partial charge in [0.05, 0.1) is 0 Å². The summed E-state index contributed by atoms with van der Waals surface area (Å²) in [6.07, 6.45) is 1.76. The predicted octanol–water partition coefficient (Wildman–Crippen LogP) is 3.06. The van der Waals surface area contributed by atoms with Crippen molar-refractivity contribution in [2.24, 2.45) is 4.99 Å². The number of rotatable bonds is 5. The minimum Gasteiger partial charge on any atom is -0.326 e. The summed E-state index contributed by atoms with van der Waals surface area (Å²) in [4.78, 5) is 35.0. The number of thioether (sulfide) groups is 1. The van der Waals surface area contributed by atoms with Crippen LogP contribution in [-0.4, -0.2) is 38.7 Å². The molecule has 2 aromatic rings. The molecule has 1 saturated heterocycles. The molecule has 1 fully saturated rings. The SMILES string of the molecule is CCN1C(=O)C(CC(=O)Nc2ccccc2)S/C1=N/c1ccccn1. The van der Waals surface area contributed by atoms with Crippen LogP contribution in [0, 0.1) is 0 Å². The Morgan fingerprint density at radius 2 is 2.00 bits per heavy atom. The molecule has 0 saturated carbocycles. The normalized spacial score (nSPS) is 18.6. The van der Waals surface area contributed by atoms with Gasteiger partial charge in [-0.3, -0.25) is 14.5 Å². The number of hydrogen-bond donors (Lipinski definition) is 1. The molecule has 1 unspecified atom stereocenters. The number of pyridine rings is 1. The molecule has 6 nitrogen and oxygen atoms in total. The molecular weight excluding hydrogens is 336 g/mol. The number of nitrogens with one attached hydrogen (secondary N) is 1. The van der Waals surface area contributed by atoms with Crippen LogP contribution in [0.25, 0.3) is 0 Å². The Morgan fingerprint density at radius 1 is 1.24 bits per heavy atom. The maximum atomic E-state index is 12.5.